The average Bonchev–Trinajstić information content (AvgIpc) is 3.22. The fourth-order valence-corrected chi connectivity index (χ4v) is 3.98. The number of carbonyl (C=O) groups excluding carboxylic acids is 2. The summed E-state index contributed by atoms with van der Waals surface area (Å²) in [4.78, 5) is 30.8. The van der Waals surface area contributed by atoms with Gasteiger partial charge >= 0.3 is 0 Å². The summed E-state index contributed by atoms with van der Waals surface area (Å²) < 4.78 is 15.0. The molecule has 0 radical (unpaired) electrons. The molecule has 0 unspecified atom stereocenters. The van der Waals surface area contributed by atoms with Crippen molar-refractivity contribution in [3.63, 3.8) is 0 Å². The van der Waals surface area contributed by atoms with Crippen LogP contribution >= 0.6 is 11.8 Å². The van der Waals surface area contributed by atoms with Crippen LogP contribution in [0.2, 0.25) is 0 Å². The van der Waals surface area contributed by atoms with Crippen molar-refractivity contribution in [3.05, 3.63) is 71.8 Å². The summed E-state index contributed by atoms with van der Waals surface area (Å²) >= 11 is 1.41. The third kappa shape index (κ3) is 4.72. The Morgan fingerprint density at radius 3 is 2.55 bits per heavy atom. The van der Waals surface area contributed by atoms with E-state index in [1.54, 1.807) is 16.7 Å². The van der Waals surface area contributed by atoms with Gasteiger partial charge in [-0.2, -0.15) is 0 Å². The van der Waals surface area contributed by atoms with Gasteiger partial charge in [-0.25, -0.2) is 9.37 Å². The lowest BCUT2D eigenvalue weighted by molar-refractivity contribution is -0.120. The molecule has 0 bridgehead atoms. The van der Waals surface area contributed by atoms with E-state index in [2.05, 4.69) is 15.6 Å². The molecule has 1 aliphatic heterocycles. The molecule has 1 aliphatic rings. The van der Waals surface area contributed by atoms with E-state index in [0.717, 1.165) is 17.8 Å². The summed E-state index contributed by atoms with van der Waals surface area (Å²) in [5.74, 6) is -0.590. The fourth-order valence-electron chi connectivity index (χ4n) is 3.44. The van der Waals surface area contributed by atoms with E-state index in [0.29, 0.717) is 36.2 Å². The van der Waals surface area contributed by atoms with Crippen LogP contribution in [0.3, 0.4) is 0 Å². The molecule has 0 aliphatic carbocycles. The molecule has 2 N–H and O–H groups in total. The van der Waals surface area contributed by atoms with Crippen LogP contribution < -0.4 is 15.5 Å². The summed E-state index contributed by atoms with van der Waals surface area (Å²) in [6, 6.07) is 13.7. The number of hydrogen-bond acceptors (Lipinski definition) is 5. The van der Waals surface area contributed by atoms with Crippen molar-refractivity contribution in [3.8, 4) is 5.69 Å². The second-order valence-electron chi connectivity index (χ2n) is 7.06. The van der Waals surface area contributed by atoms with Gasteiger partial charge in [0.2, 0.25) is 5.91 Å². The zero-order valence-corrected chi connectivity index (χ0v) is 17.8. The predicted octanol–water partition coefficient (Wildman–Crippen LogP) is 2.60. The van der Waals surface area contributed by atoms with Gasteiger partial charge in [0.25, 0.3) is 5.91 Å². The molecule has 2 heterocycles. The quantitative estimate of drug-likeness (QED) is 0.578. The highest BCUT2D eigenvalue weighted by Gasteiger charge is 2.18. The zero-order chi connectivity index (χ0) is 21.8. The molecule has 0 saturated carbocycles. The van der Waals surface area contributed by atoms with Gasteiger partial charge in [0.15, 0.2) is 5.16 Å². The van der Waals surface area contributed by atoms with E-state index in [1.807, 2.05) is 35.4 Å². The zero-order valence-electron chi connectivity index (χ0n) is 17.0. The van der Waals surface area contributed by atoms with E-state index in [9.17, 15) is 14.0 Å². The molecule has 9 heteroatoms. The molecule has 1 fully saturated rings. The van der Waals surface area contributed by atoms with Crippen molar-refractivity contribution in [2.24, 2.45) is 0 Å². The summed E-state index contributed by atoms with van der Waals surface area (Å²) in [6.07, 6.45) is 3.40. The SMILES string of the molecule is CSc1ncc(C(=O)NCc2ccc(N3CCNC(=O)C3)cc2)n1-c1ccc(F)cc1. The van der Waals surface area contributed by atoms with Crippen molar-refractivity contribution < 1.29 is 14.0 Å². The highest BCUT2D eigenvalue weighted by atomic mass is 32.2. The molecule has 1 aromatic heterocycles. The molecule has 7 nitrogen and oxygen atoms in total. The maximum absolute atomic E-state index is 13.3. The molecule has 160 valence electrons. The number of nitrogens with one attached hydrogen (secondary N) is 2. The van der Waals surface area contributed by atoms with Crippen LogP contribution in [-0.4, -0.2) is 47.3 Å². The molecule has 31 heavy (non-hydrogen) atoms. The van der Waals surface area contributed by atoms with Gasteiger partial charge in [0.1, 0.15) is 11.5 Å². The van der Waals surface area contributed by atoms with E-state index in [1.165, 1.54) is 30.1 Å². The molecular weight excluding hydrogens is 417 g/mol. The van der Waals surface area contributed by atoms with Crippen molar-refractivity contribution in [2.75, 3.05) is 30.8 Å². The highest BCUT2D eigenvalue weighted by molar-refractivity contribution is 7.98. The Morgan fingerprint density at radius 1 is 1.16 bits per heavy atom. The third-order valence-electron chi connectivity index (χ3n) is 5.02. The molecule has 1 saturated heterocycles. The molecule has 4 rings (SSSR count). The second kappa shape index (κ2) is 9.22. The lowest BCUT2D eigenvalue weighted by Crippen LogP contribution is -2.47. The van der Waals surface area contributed by atoms with Crippen LogP contribution in [0.25, 0.3) is 5.69 Å². The number of benzene rings is 2. The minimum Gasteiger partial charge on any atom is -0.360 e. The number of anilines is 1. The predicted molar refractivity (Wildman–Crippen MR) is 118 cm³/mol. The highest BCUT2D eigenvalue weighted by Crippen LogP contribution is 2.22. The Bertz CT molecular complexity index is 1080. The molecule has 2 amide bonds. The molecule has 2 aromatic carbocycles. The first-order valence-electron chi connectivity index (χ1n) is 9.81. The van der Waals surface area contributed by atoms with Crippen LogP contribution in [0.5, 0.6) is 0 Å². The smallest absolute Gasteiger partial charge is 0.270 e. The van der Waals surface area contributed by atoms with Gasteiger partial charge in [-0.3, -0.25) is 14.2 Å². The monoisotopic (exact) mass is 439 g/mol. The largest absolute Gasteiger partial charge is 0.360 e. The van der Waals surface area contributed by atoms with Crippen LogP contribution in [0.15, 0.2) is 59.9 Å². The average molecular weight is 440 g/mol. The summed E-state index contributed by atoms with van der Waals surface area (Å²) in [6.45, 7) is 2.10. The number of carbonyl (C=O) groups is 2. The number of aromatic nitrogens is 2. The Hall–Kier alpha value is -3.33. The van der Waals surface area contributed by atoms with Crippen LogP contribution in [0.4, 0.5) is 10.1 Å². The number of imidazole rings is 1. The number of amides is 2. The summed E-state index contributed by atoms with van der Waals surface area (Å²) in [5, 5.41) is 6.38. The van der Waals surface area contributed by atoms with Gasteiger partial charge in [-0.1, -0.05) is 23.9 Å². The first-order chi connectivity index (χ1) is 15.0. The maximum Gasteiger partial charge on any atom is 0.270 e. The Labute approximate surface area is 183 Å². The number of hydrogen-bond donors (Lipinski definition) is 2. The van der Waals surface area contributed by atoms with Gasteiger partial charge in [-0.05, 0) is 48.2 Å². The number of halogens is 1. The van der Waals surface area contributed by atoms with E-state index in [4.69, 9.17) is 0 Å². The minimum absolute atomic E-state index is 0.0185. The van der Waals surface area contributed by atoms with Gasteiger partial charge < -0.3 is 15.5 Å². The van der Waals surface area contributed by atoms with Gasteiger partial charge in [-0.15, -0.1) is 0 Å². The number of rotatable bonds is 6. The van der Waals surface area contributed by atoms with Crippen molar-refractivity contribution >= 4 is 29.3 Å². The van der Waals surface area contributed by atoms with Crippen LogP contribution in [-0.2, 0) is 11.3 Å². The van der Waals surface area contributed by atoms with Crippen LogP contribution in [0.1, 0.15) is 16.1 Å². The maximum atomic E-state index is 13.3. The molecule has 3 aromatic rings. The van der Waals surface area contributed by atoms with E-state index < -0.39 is 0 Å². The Morgan fingerprint density at radius 2 is 1.87 bits per heavy atom. The van der Waals surface area contributed by atoms with E-state index >= 15 is 0 Å². The Kier molecular flexibility index (Phi) is 6.22. The molecular formula is C22H22FN5O2S. The molecule has 0 spiro atoms. The number of nitrogens with zero attached hydrogens (tertiary/aromatic N) is 3. The van der Waals surface area contributed by atoms with Gasteiger partial charge in [0.05, 0.1) is 12.7 Å². The lowest BCUT2D eigenvalue weighted by Gasteiger charge is -2.28. The Balaban J connectivity index is 1.45. The minimum atomic E-state index is -0.339. The first-order valence-corrected chi connectivity index (χ1v) is 11.0. The van der Waals surface area contributed by atoms with Crippen molar-refractivity contribution in [1.29, 1.82) is 0 Å². The number of thioether (sulfide) groups is 1. The summed E-state index contributed by atoms with van der Waals surface area (Å²) in [7, 11) is 0. The van der Waals surface area contributed by atoms with Crippen molar-refractivity contribution in [1.82, 2.24) is 20.2 Å². The first kappa shape index (κ1) is 20.9. The standard InChI is InChI=1S/C22H22FN5O2S/c1-31-22-26-13-19(28(22)18-8-4-16(23)5-9-18)21(30)25-12-15-2-6-17(7-3-15)27-11-10-24-20(29)14-27/h2-9,13H,10-12,14H2,1H3,(H,24,29)(H,25,30). The van der Waals surface area contributed by atoms with Gasteiger partial charge in [0, 0.05) is 31.0 Å². The topological polar surface area (TPSA) is 79.3 Å². The van der Waals surface area contributed by atoms with Crippen LogP contribution in [0, 0.1) is 5.82 Å². The summed E-state index contributed by atoms with van der Waals surface area (Å²) in [5.41, 5.74) is 2.97. The third-order valence-corrected chi connectivity index (χ3v) is 5.68. The number of piperazine rings is 1. The fraction of sp³-hybridized carbons (Fsp3) is 0.227. The lowest BCUT2D eigenvalue weighted by atomic mass is 10.1. The normalized spacial score (nSPS) is 13.7. The van der Waals surface area contributed by atoms with Crippen molar-refractivity contribution in [2.45, 2.75) is 11.7 Å². The van der Waals surface area contributed by atoms with E-state index in [-0.39, 0.29) is 17.6 Å². The molecule has 0 atom stereocenters. The second-order valence-corrected chi connectivity index (χ2v) is 7.84.